The van der Waals surface area contributed by atoms with Gasteiger partial charge < -0.3 is 14.1 Å². The Morgan fingerprint density at radius 1 is 0.969 bits per heavy atom. The molecule has 6 nitrogen and oxygen atoms in total. The first kappa shape index (κ1) is 22.4. The Morgan fingerprint density at radius 3 is 2.09 bits per heavy atom. The molecule has 0 aliphatic carbocycles. The molecule has 0 saturated carbocycles. The number of hydrogen-bond acceptors (Lipinski definition) is 4. The second-order valence-electron chi connectivity index (χ2n) is 7.54. The number of furan rings is 1. The smallest absolute Gasteiger partial charge is 0.404 e. The van der Waals surface area contributed by atoms with Crippen molar-refractivity contribution >= 4 is 31.8 Å². The molecule has 4 rings (SSSR count). The standard InChI is InChI=1S/C22H21F3N2O4S/c23-22(24,25)15-32(29,30)26(14-17-6-5-11-31-17)12-16(28)13-27-20-9-3-1-7-18(20)19-8-2-4-10-21(19)27/h1-11,16,28H,12-15H2. The molecule has 32 heavy (non-hydrogen) atoms. The monoisotopic (exact) mass is 466 g/mol. The molecule has 0 amide bonds. The molecule has 2 aromatic carbocycles. The number of rotatable bonds is 8. The van der Waals surface area contributed by atoms with E-state index in [1.165, 1.54) is 18.4 Å². The van der Waals surface area contributed by atoms with Crippen molar-refractivity contribution in [3.63, 3.8) is 0 Å². The minimum atomic E-state index is -4.90. The maximum Gasteiger partial charge on any atom is 0.404 e. The number of nitrogens with zero attached hydrogens (tertiary/aromatic N) is 2. The third-order valence-electron chi connectivity index (χ3n) is 5.14. The first-order valence-corrected chi connectivity index (χ1v) is 11.5. The maximum atomic E-state index is 12.9. The number of halogens is 3. The number of alkyl halides is 3. The fraction of sp³-hybridized carbons (Fsp3) is 0.273. The molecule has 10 heteroatoms. The van der Waals surface area contributed by atoms with Gasteiger partial charge in [0.05, 0.1) is 25.5 Å². The van der Waals surface area contributed by atoms with Gasteiger partial charge >= 0.3 is 6.18 Å². The van der Waals surface area contributed by atoms with Crippen molar-refractivity contribution < 1.29 is 31.1 Å². The van der Waals surface area contributed by atoms with Gasteiger partial charge in [0.25, 0.3) is 0 Å². The Kier molecular flexibility index (Phi) is 6.02. The molecule has 0 aliphatic rings. The predicted octanol–water partition coefficient (Wildman–Crippen LogP) is 4.14. The first-order valence-electron chi connectivity index (χ1n) is 9.85. The van der Waals surface area contributed by atoms with Crippen LogP contribution in [0.15, 0.2) is 71.3 Å². The average molecular weight is 466 g/mol. The van der Waals surface area contributed by atoms with Crippen molar-refractivity contribution in [3.8, 4) is 0 Å². The number of sulfonamides is 1. The van der Waals surface area contributed by atoms with Crippen molar-refractivity contribution in [2.45, 2.75) is 25.4 Å². The summed E-state index contributed by atoms with van der Waals surface area (Å²) in [5.41, 5.74) is 1.67. The van der Waals surface area contributed by atoms with Crippen LogP contribution in [0, 0.1) is 0 Å². The van der Waals surface area contributed by atoms with Gasteiger partial charge in [0.2, 0.25) is 10.0 Å². The molecule has 0 bridgehead atoms. The third-order valence-corrected chi connectivity index (χ3v) is 6.90. The van der Waals surface area contributed by atoms with Gasteiger partial charge in [0.15, 0.2) is 5.75 Å². The Balaban J connectivity index is 1.63. The summed E-state index contributed by atoms with van der Waals surface area (Å²) in [5.74, 6) is -1.83. The summed E-state index contributed by atoms with van der Waals surface area (Å²) in [4.78, 5) is 0. The Morgan fingerprint density at radius 2 is 1.56 bits per heavy atom. The Hall–Kier alpha value is -2.82. The second-order valence-corrected chi connectivity index (χ2v) is 9.51. The van der Waals surface area contributed by atoms with Crippen LogP contribution >= 0.6 is 0 Å². The highest BCUT2D eigenvalue weighted by molar-refractivity contribution is 7.89. The van der Waals surface area contributed by atoms with Crippen LogP contribution in [-0.4, -0.2) is 47.0 Å². The number of aliphatic hydroxyl groups excluding tert-OH is 1. The molecule has 0 aliphatic heterocycles. The molecule has 2 aromatic heterocycles. The minimum Gasteiger partial charge on any atom is -0.468 e. The number of para-hydroxylation sites is 2. The lowest BCUT2D eigenvalue weighted by Crippen LogP contribution is -2.42. The van der Waals surface area contributed by atoms with Crippen LogP contribution in [0.4, 0.5) is 13.2 Å². The lowest BCUT2D eigenvalue weighted by Gasteiger charge is -2.25. The van der Waals surface area contributed by atoms with E-state index in [9.17, 15) is 26.7 Å². The molecule has 0 saturated heterocycles. The fourth-order valence-electron chi connectivity index (χ4n) is 3.85. The summed E-state index contributed by atoms with van der Waals surface area (Å²) >= 11 is 0. The molecular formula is C22H21F3N2O4S. The van der Waals surface area contributed by atoms with Gasteiger partial charge in [-0.25, -0.2) is 8.42 Å². The zero-order chi connectivity index (χ0) is 22.9. The van der Waals surface area contributed by atoms with Crippen LogP contribution in [0.3, 0.4) is 0 Å². The van der Waals surface area contributed by atoms with E-state index >= 15 is 0 Å². The summed E-state index contributed by atoms with van der Waals surface area (Å²) in [6.07, 6.45) is -4.86. The van der Waals surface area contributed by atoms with E-state index in [0.717, 1.165) is 21.8 Å². The van der Waals surface area contributed by atoms with Crippen LogP contribution in [0.5, 0.6) is 0 Å². The normalized spacial score (nSPS) is 13.9. The molecule has 1 unspecified atom stereocenters. The molecule has 4 aromatic rings. The van der Waals surface area contributed by atoms with E-state index in [1.54, 1.807) is 0 Å². The zero-order valence-electron chi connectivity index (χ0n) is 16.9. The van der Waals surface area contributed by atoms with Crippen molar-refractivity contribution in [2.75, 3.05) is 12.3 Å². The third kappa shape index (κ3) is 4.82. The average Bonchev–Trinajstić information content (AvgIpc) is 3.33. The van der Waals surface area contributed by atoms with Crippen molar-refractivity contribution in [3.05, 3.63) is 72.7 Å². The maximum absolute atomic E-state index is 12.9. The lowest BCUT2D eigenvalue weighted by molar-refractivity contribution is -0.107. The number of aromatic nitrogens is 1. The van der Waals surface area contributed by atoms with Crippen LogP contribution < -0.4 is 0 Å². The summed E-state index contributed by atoms with van der Waals surface area (Å²) < 4.78 is 71.2. The number of aliphatic hydroxyl groups is 1. The summed E-state index contributed by atoms with van der Waals surface area (Å²) in [7, 11) is -4.74. The van der Waals surface area contributed by atoms with E-state index in [1.807, 2.05) is 53.1 Å². The molecule has 0 fully saturated rings. The Labute approximate surface area is 182 Å². The highest BCUT2D eigenvalue weighted by atomic mass is 32.2. The largest absolute Gasteiger partial charge is 0.468 e. The molecule has 1 N–H and O–H groups in total. The molecule has 0 spiro atoms. The second kappa shape index (κ2) is 8.61. The van der Waals surface area contributed by atoms with Crippen LogP contribution in [-0.2, 0) is 23.1 Å². The van der Waals surface area contributed by atoms with Gasteiger partial charge in [-0.2, -0.15) is 17.5 Å². The van der Waals surface area contributed by atoms with Crippen LogP contribution in [0.2, 0.25) is 0 Å². The van der Waals surface area contributed by atoms with Gasteiger partial charge in [0, 0.05) is 28.4 Å². The van der Waals surface area contributed by atoms with Crippen molar-refractivity contribution in [1.82, 2.24) is 8.87 Å². The Bertz CT molecular complexity index is 1260. The highest BCUT2D eigenvalue weighted by Crippen LogP contribution is 2.29. The number of benzene rings is 2. The first-order chi connectivity index (χ1) is 15.1. The molecule has 2 heterocycles. The van der Waals surface area contributed by atoms with Crippen molar-refractivity contribution in [1.29, 1.82) is 0 Å². The summed E-state index contributed by atoms with van der Waals surface area (Å²) in [6.45, 7) is -0.917. The number of hydrogen-bond donors (Lipinski definition) is 1. The molecular weight excluding hydrogens is 445 g/mol. The SMILES string of the molecule is O=S(=O)(CC(F)(F)F)N(Cc1ccco1)CC(O)Cn1c2ccccc2c2ccccc21. The van der Waals surface area contributed by atoms with E-state index < -0.39 is 41.1 Å². The van der Waals surface area contributed by atoms with Crippen molar-refractivity contribution in [2.24, 2.45) is 0 Å². The lowest BCUT2D eigenvalue weighted by atomic mass is 10.2. The minimum absolute atomic E-state index is 0.00419. The zero-order valence-corrected chi connectivity index (χ0v) is 17.7. The summed E-state index contributed by atoms with van der Waals surface area (Å²) in [5, 5.41) is 12.7. The topological polar surface area (TPSA) is 75.7 Å². The number of fused-ring (bicyclic) bond motifs is 3. The van der Waals surface area contributed by atoms with Gasteiger partial charge in [0.1, 0.15) is 5.76 Å². The molecule has 170 valence electrons. The van der Waals surface area contributed by atoms with Gasteiger partial charge in [-0.3, -0.25) is 0 Å². The quantitative estimate of drug-likeness (QED) is 0.424. The van der Waals surface area contributed by atoms with E-state index in [-0.39, 0.29) is 12.3 Å². The summed E-state index contributed by atoms with van der Waals surface area (Å²) in [6, 6.07) is 18.1. The van der Waals surface area contributed by atoms with Gasteiger partial charge in [-0.05, 0) is 24.3 Å². The van der Waals surface area contributed by atoms with Crippen LogP contribution in [0.1, 0.15) is 5.76 Å². The fourth-order valence-corrected chi connectivity index (χ4v) is 5.17. The van der Waals surface area contributed by atoms with E-state index in [0.29, 0.717) is 4.31 Å². The van der Waals surface area contributed by atoms with E-state index in [4.69, 9.17) is 4.42 Å². The molecule has 1 atom stereocenters. The van der Waals surface area contributed by atoms with Gasteiger partial charge in [-0.1, -0.05) is 36.4 Å². The molecule has 0 radical (unpaired) electrons. The highest BCUT2D eigenvalue weighted by Gasteiger charge is 2.39. The van der Waals surface area contributed by atoms with Crippen LogP contribution in [0.25, 0.3) is 21.8 Å². The van der Waals surface area contributed by atoms with E-state index in [2.05, 4.69) is 0 Å². The predicted molar refractivity (Wildman–Crippen MR) is 114 cm³/mol. The van der Waals surface area contributed by atoms with Gasteiger partial charge in [-0.15, -0.1) is 0 Å².